The minimum Gasteiger partial charge on any atom is -0.387 e. The summed E-state index contributed by atoms with van der Waals surface area (Å²) in [7, 11) is 0. The van der Waals surface area contributed by atoms with Crippen LogP contribution in [0, 0.1) is 0 Å². The molecule has 2 rings (SSSR count). The van der Waals surface area contributed by atoms with Gasteiger partial charge >= 0.3 is 0 Å². The van der Waals surface area contributed by atoms with Gasteiger partial charge in [0.05, 0.1) is 6.10 Å². The fourth-order valence-corrected chi connectivity index (χ4v) is 3.60. The van der Waals surface area contributed by atoms with E-state index in [0.717, 1.165) is 18.4 Å². The van der Waals surface area contributed by atoms with Crippen molar-refractivity contribution in [1.82, 2.24) is 4.90 Å². The topological polar surface area (TPSA) is 49.5 Å². The van der Waals surface area contributed by atoms with Gasteiger partial charge in [-0.2, -0.15) is 0 Å². The van der Waals surface area contributed by atoms with Crippen molar-refractivity contribution in [3.8, 4) is 0 Å². The van der Waals surface area contributed by atoms with Gasteiger partial charge in [-0.15, -0.1) is 0 Å². The molecule has 0 saturated carbocycles. The molecule has 1 aliphatic rings. The molecule has 0 radical (unpaired) electrons. The Kier molecular flexibility index (Phi) is 6.22. The average Bonchev–Trinajstić information content (AvgIpc) is 2.53. The highest BCUT2D eigenvalue weighted by Crippen LogP contribution is 2.30. The molecule has 0 amide bonds. The fourth-order valence-electron chi connectivity index (χ4n) is 3.60. The first-order valence-electron chi connectivity index (χ1n) is 8.44. The summed E-state index contributed by atoms with van der Waals surface area (Å²) in [6, 6.07) is 6.93. The Morgan fingerprint density at radius 3 is 2.62 bits per heavy atom. The summed E-state index contributed by atoms with van der Waals surface area (Å²) in [6.07, 6.45) is 5.30. The number of nitrogens with two attached hydrogens (primary N) is 1. The number of rotatable bonds is 7. The van der Waals surface area contributed by atoms with Crippen LogP contribution in [-0.4, -0.2) is 35.7 Å². The highest BCUT2D eigenvalue weighted by molar-refractivity contribution is 5.39. The molecular formula is C18H30N2O. The molecule has 0 heterocycles. The van der Waals surface area contributed by atoms with E-state index in [1.54, 1.807) is 0 Å². The Balaban J connectivity index is 2.21. The molecule has 1 aliphatic carbocycles. The van der Waals surface area contributed by atoms with Gasteiger partial charge in [-0.25, -0.2) is 0 Å². The van der Waals surface area contributed by atoms with Gasteiger partial charge in [0.15, 0.2) is 0 Å². The summed E-state index contributed by atoms with van der Waals surface area (Å²) in [5, 5.41) is 10.2. The predicted molar refractivity (Wildman–Crippen MR) is 88.4 cm³/mol. The maximum Gasteiger partial charge on any atom is 0.0914 e. The van der Waals surface area contributed by atoms with Crippen molar-refractivity contribution in [1.29, 1.82) is 0 Å². The van der Waals surface area contributed by atoms with Gasteiger partial charge in [0.1, 0.15) is 0 Å². The first-order valence-corrected chi connectivity index (χ1v) is 8.44. The number of aliphatic hydroxyl groups excluding tert-OH is 1. The van der Waals surface area contributed by atoms with Crippen LogP contribution in [0.2, 0.25) is 0 Å². The zero-order valence-electron chi connectivity index (χ0n) is 13.5. The first-order chi connectivity index (χ1) is 10.2. The van der Waals surface area contributed by atoms with Gasteiger partial charge in [-0.3, -0.25) is 0 Å². The second-order valence-corrected chi connectivity index (χ2v) is 6.17. The molecule has 1 aromatic carbocycles. The van der Waals surface area contributed by atoms with Crippen molar-refractivity contribution in [2.75, 3.05) is 19.6 Å². The minimum absolute atomic E-state index is 0.300. The average molecular weight is 290 g/mol. The fraction of sp³-hybridized carbons (Fsp3) is 0.667. The molecule has 0 fully saturated rings. The molecule has 2 unspecified atom stereocenters. The van der Waals surface area contributed by atoms with E-state index in [0.29, 0.717) is 12.6 Å². The summed E-state index contributed by atoms with van der Waals surface area (Å²) >= 11 is 0. The van der Waals surface area contributed by atoms with Gasteiger partial charge < -0.3 is 15.7 Å². The molecule has 0 spiro atoms. The molecule has 3 N–H and O–H groups in total. The molecule has 0 bridgehead atoms. The normalized spacial score (nSPS) is 19.6. The standard InChI is InChI=1S/C18H30N2O/c1-3-10-20(11-4-2)15-9-8-14-6-5-7-16(17(14)12-15)18(21)13-19/h5-7,15,18,21H,3-4,8-13,19H2,1-2H3. The molecule has 1 aromatic rings. The van der Waals surface area contributed by atoms with Crippen LogP contribution in [0.1, 0.15) is 55.9 Å². The summed E-state index contributed by atoms with van der Waals surface area (Å²) in [5.41, 5.74) is 9.47. The summed E-state index contributed by atoms with van der Waals surface area (Å²) in [5.74, 6) is 0. The molecule has 0 saturated heterocycles. The van der Waals surface area contributed by atoms with E-state index >= 15 is 0 Å². The van der Waals surface area contributed by atoms with Crippen LogP contribution in [0.4, 0.5) is 0 Å². The number of fused-ring (bicyclic) bond motifs is 1. The van der Waals surface area contributed by atoms with Crippen LogP contribution >= 0.6 is 0 Å². The summed E-state index contributed by atoms with van der Waals surface area (Å²) in [6.45, 7) is 7.16. The van der Waals surface area contributed by atoms with Crippen LogP contribution in [0.25, 0.3) is 0 Å². The SMILES string of the molecule is CCCN(CCC)C1CCc2cccc(C(O)CN)c2C1. The number of aryl methyl sites for hydroxylation is 1. The number of hydrogen-bond donors (Lipinski definition) is 2. The van der Waals surface area contributed by atoms with Crippen LogP contribution < -0.4 is 5.73 Å². The second-order valence-electron chi connectivity index (χ2n) is 6.17. The van der Waals surface area contributed by atoms with Crippen molar-refractivity contribution < 1.29 is 5.11 Å². The Morgan fingerprint density at radius 2 is 2.00 bits per heavy atom. The molecule has 3 nitrogen and oxygen atoms in total. The Hall–Kier alpha value is -0.900. The van der Waals surface area contributed by atoms with E-state index in [4.69, 9.17) is 5.73 Å². The molecule has 118 valence electrons. The van der Waals surface area contributed by atoms with Crippen LogP contribution in [0.5, 0.6) is 0 Å². The molecule has 3 heteroatoms. The minimum atomic E-state index is -0.524. The zero-order chi connectivity index (χ0) is 15.2. The quantitative estimate of drug-likeness (QED) is 0.811. The Labute approximate surface area is 129 Å². The predicted octanol–water partition coefficient (Wildman–Crippen LogP) is 2.66. The van der Waals surface area contributed by atoms with Crippen molar-refractivity contribution in [3.63, 3.8) is 0 Å². The van der Waals surface area contributed by atoms with Crippen LogP contribution in [0.3, 0.4) is 0 Å². The lowest BCUT2D eigenvalue weighted by Crippen LogP contribution is -2.40. The maximum absolute atomic E-state index is 10.2. The second kappa shape index (κ2) is 7.92. The van der Waals surface area contributed by atoms with E-state index in [2.05, 4.69) is 30.9 Å². The molecular weight excluding hydrogens is 260 g/mol. The summed E-state index contributed by atoms with van der Waals surface area (Å²) < 4.78 is 0. The van der Waals surface area contributed by atoms with Crippen molar-refractivity contribution in [2.45, 2.75) is 58.1 Å². The third-order valence-corrected chi connectivity index (χ3v) is 4.62. The zero-order valence-corrected chi connectivity index (χ0v) is 13.5. The van der Waals surface area contributed by atoms with E-state index in [1.165, 1.54) is 43.5 Å². The lowest BCUT2D eigenvalue weighted by atomic mass is 9.83. The van der Waals surface area contributed by atoms with E-state index < -0.39 is 6.10 Å². The van der Waals surface area contributed by atoms with Crippen LogP contribution in [-0.2, 0) is 12.8 Å². The molecule has 2 atom stereocenters. The van der Waals surface area contributed by atoms with E-state index in [9.17, 15) is 5.11 Å². The van der Waals surface area contributed by atoms with Crippen molar-refractivity contribution >= 4 is 0 Å². The molecule has 0 aromatic heterocycles. The maximum atomic E-state index is 10.2. The van der Waals surface area contributed by atoms with Gasteiger partial charge in [0.2, 0.25) is 0 Å². The third-order valence-electron chi connectivity index (χ3n) is 4.62. The van der Waals surface area contributed by atoms with E-state index in [1.807, 2.05) is 6.07 Å². The van der Waals surface area contributed by atoms with Crippen molar-refractivity contribution in [2.24, 2.45) is 5.73 Å². The number of benzene rings is 1. The molecule has 21 heavy (non-hydrogen) atoms. The largest absolute Gasteiger partial charge is 0.387 e. The van der Waals surface area contributed by atoms with Crippen LogP contribution in [0.15, 0.2) is 18.2 Å². The highest BCUT2D eigenvalue weighted by atomic mass is 16.3. The lowest BCUT2D eigenvalue weighted by Gasteiger charge is -2.36. The highest BCUT2D eigenvalue weighted by Gasteiger charge is 2.26. The molecule has 0 aliphatic heterocycles. The number of hydrogen-bond acceptors (Lipinski definition) is 3. The number of nitrogens with zero attached hydrogens (tertiary/aromatic N) is 1. The Bertz CT molecular complexity index is 441. The Morgan fingerprint density at radius 1 is 1.29 bits per heavy atom. The summed E-state index contributed by atoms with van der Waals surface area (Å²) in [4.78, 5) is 2.63. The van der Waals surface area contributed by atoms with Gasteiger partial charge in [0, 0.05) is 12.6 Å². The lowest BCUT2D eigenvalue weighted by molar-refractivity contribution is 0.170. The van der Waals surface area contributed by atoms with Gasteiger partial charge in [0.25, 0.3) is 0 Å². The first kappa shape index (κ1) is 16.5. The van der Waals surface area contributed by atoms with E-state index in [-0.39, 0.29) is 0 Å². The smallest absolute Gasteiger partial charge is 0.0914 e. The number of aliphatic hydroxyl groups is 1. The van der Waals surface area contributed by atoms with Gasteiger partial charge in [-0.1, -0.05) is 32.0 Å². The monoisotopic (exact) mass is 290 g/mol. The third kappa shape index (κ3) is 3.85. The van der Waals surface area contributed by atoms with Crippen molar-refractivity contribution in [3.05, 3.63) is 34.9 Å². The van der Waals surface area contributed by atoms with Gasteiger partial charge in [-0.05, 0) is 61.9 Å².